The van der Waals surface area contributed by atoms with Gasteiger partial charge in [-0.3, -0.25) is 4.84 Å². The summed E-state index contributed by atoms with van der Waals surface area (Å²) in [7, 11) is -3.59. The largest absolute Gasteiger partial charge is 0.491 e. The summed E-state index contributed by atoms with van der Waals surface area (Å²) in [5.41, 5.74) is 0. The van der Waals surface area contributed by atoms with Crippen molar-refractivity contribution < 1.29 is 18.0 Å². The molecule has 112 valence electrons. The van der Waals surface area contributed by atoms with Gasteiger partial charge in [0.05, 0.1) is 0 Å². The van der Waals surface area contributed by atoms with Crippen molar-refractivity contribution in [2.45, 2.75) is 31.7 Å². The van der Waals surface area contributed by atoms with Crippen LogP contribution >= 0.6 is 0 Å². The van der Waals surface area contributed by atoms with E-state index in [2.05, 4.69) is 9.61 Å². The van der Waals surface area contributed by atoms with Crippen molar-refractivity contribution >= 4 is 10.2 Å². The lowest BCUT2D eigenvalue weighted by atomic mass is 10.3. The third-order valence-corrected chi connectivity index (χ3v) is 4.02. The molecule has 2 rings (SSSR count). The second-order valence-corrected chi connectivity index (χ2v) is 6.11. The average molecular weight is 300 g/mol. The minimum atomic E-state index is -3.59. The zero-order chi connectivity index (χ0) is 14.3. The first kappa shape index (κ1) is 15.2. The molecule has 1 fully saturated rings. The zero-order valence-electron chi connectivity index (χ0n) is 11.2. The maximum atomic E-state index is 11.6. The molecule has 2 N–H and O–H groups in total. The fourth-order valence-corrected chi connectivity index (χ4v) is 3.09. The minimum absolute atomic E-state index is 0.0247. The molecular formula is C13H20N2O4S. The summed E-state index contributed by atoms with van der Waals surface area (Å²) in [6, 6.07) is 9.30. The third kappa shape index (κ3) is 5.46. The highest BCUT2D eigenvalue weighted by Gasteiger charge is 2.21. The summed E-state index contributed by atoms with van der Waals surface area (Å²) < 4.78 is 31.2. The van der Waals surface area contributed by atoms with E-state index < -0.39 is 10.2 Å². The summed E-state index contributed by atoms with van der Waals surface area (Å²) in [6.07, 6.45) is 3.91. The highest BCUT2D eigenvalue weighted by atomic mass is 32.2. The van der Waals surface area contributed by atoms with E-state index in [1.807, 2.05) is 30.3 Å². The topological polar surface area (TPSA) is 76.7 Å². The number of hydrogen-bond acceptors (Lipinski definition) is 4. The van der Waals surface area contributed by atoms with Gasteiger partial charge < -0.3 is 4.74 Å². The molecule has 1 aromatic rings. The first-order valence-corrected chi connectivity index (χ1v) is 8.23. The van der Waals surface area contributed by atoms with Gasteiger partial charge in [0.2, 0.25) is 0 Å². The molecule has 1 aromatic carbocycles. The number of nitrogens with one attached hydrogen (secondary N) is 2. The molecule has 0 aromatic heterocycles. The van der Waals surface area contributed by atoms with Gasteiger partial charge in [0.25, 0.3) is 10.2 Å². The van der Waals surface area contributed by atoms with Crippen LogP contribution in [0.3, 0.4) is 0 Å². The van der Waals surface area contributed by atoms with E-state index >= 15 is 0 Å². The van der Waals surface area contributed by atoms with Gasteiger partial charge in [0.15, 0.2) is 0 Å². The monoisotopic (exact) mass is 300 g/mol. The van der Waals surface area contributed by atoms with Crippen LogP contribution in [0.15, 0.2) is 30.3 Å². The van der Waals surface area contributed by atoms with Crippen LogP contribution in [0.25, 0.3) is 0 Å². The van der Waals surface area contributed by atoms with Crippen LogP contribution < -0.4 is 14.3 Å². The van der Waals surface area contributed by atoms with Crippen molar-refractivity contribution in [3.8, 4) is 5.75 Å². The first-order chi connectivity index (χ1) is 9.66. The van der Waals surface area contributed by atoms with Gasteiger partial charge in [0.1, 0.15) is 19.0 Å². The Hall–Kier alpha value is -1.15. The third-order valence-electron chi connectivity index (χ3n) is 3.04. The van der Waals surface area contributed by atoms with Crippen molar-refractivity contribution in [1.29, 1.82) is 0 Å². The molecule has 0 radical (unpaired) electrons. The van der Waals surface area contributed by atoms with Gasteiger partial charge in [-0.15, -0.1) is 0 Å². The molecule has 0 heterocycles. The molecule has 20 heavy (non-hydrogen) atoms. The van der Waals surface area contributed by atoms with E-state index in [-0.39, 0.29) is 19.3 Å². The summed E-state index contributed by atoms with van der Waals surface area (Å²) in [5, 5.41) is 0. The molecule has 0 saturated heterocycles. The summed E-state index contributed by atoms with van der Waals surface area (Å²) in [4.78, 5) is 6.96. The molecule has 1 aliphatic rings. The molecule has 0 unspecified atom stereocenters. The van der Waals surface area contributed by atoms with Crippen molar-refractivity contribution in [3.05, 3.63) is 30.3 Å². The van der Waals surface area contributed by atoms with Gasteiger partial charge in [-0.2, -0.15) is 13.1 Å². The fourth-order valence-electron chi connectivity index (χ4n) is 2.12. The molecule has 6 nitrogen and oxygen atoms in total. The predicted octanol–water partition coefficient (Wildman–Crippen LogP) is 1.36. The Morgan fingerprint density at radius 1 is 1.10 bits per heavy atom. The van der Waals surface area contributed by atoms with Crippen molar-refractivity contribution in [3.63, 3.8) is 0 Å². The zero-order valence-corrected chi connectivity index (χ0v) is 12.1. The van der Waals surface area contributed by atoms with Gasteiger partial charge in [0, 0.05) is 6.04 Å². The molecule has 0 bridgehead atoms. The molecule has 0 spiro atoms. The number of rotatable bonds is 8. The number of benzene rings is 1. The predicted molar refractivity (Wildman–Crippen MR) is 75.3 cm³/mol. The van der Waals surface area contributed by atoms with Crippen LogP contribution in [0.2, 0.25) is 0 Å². The van der Waals surface area contributed by atoms with Crippen LogP contribution in [0.5, 0.6) is 5.75 Å². The Kier molecular flexibility index (Phi) is 5.78. The Bertz CT molecular complexity index is 486. The van der Waals surface area contributed by atoms with Gasteiger partial charge in [-0.25, -0.2) is 0 Å². The van der Waals surface area contributed by atoms with E-state index in [0.717, 1.165) is 31.4 Å². The second-order valence-electron chi connectivity index (χ2n) is 4.70. The fraction of sp³-hybridized carbons (Fsp3) is 0.538. The highest BCUT2D eigenvalue weighted by molar-refractivity contribution is 7.87. The molecule has 1 saturated carbocycles. The standard InChI is InChI=1S/C13H20N2O4S/c16-20(17,14-12-6-4-5-7-12)15-19-11-10-18-13-8-2-1-3-9-13/h1-3,8-9,12,14-15H,4-7,10-11H2. The van der Waals surface area contributed by atoms with Crippen LogP contribution in [0.1, 0.15) is 25.7 Å². The molecule has 0 amide bonds. The van der Waals surface area contributed by atoms with Crippen molar-refractivity contribution in [2.24, 2.45) is 0 Å². The smallest absolute Gasteiger partial charge is 0.299 e. The van der Waals surface area contributed by atoms with E-state index in [1.165, 1.54) is 0 Å². The highest BCUT2D eigenvalue weighted by Crippen LogP contribution is 2.17. The second kappa shape index (κ2) is 7.58. The number of para-hydroxylation sites is 1. The maximum absolute atomic E-state index is 11.6. The van der Waals surface area contributed by atoms with Gasteiger partial charge in [-0.05, 0) is 25.0 Å². The van der Waals surface area contributed by atoms with Crippen LogP contribution in [-0.2, 0) is 15.0 Å². The maximum Gasteiger partial charge on any atom is 0.299 e. The van der Waals surface area contributed by atoms with E-state index in [0.29, 0.717) is 0 Å². The van der Waals surface area contributed by atoms with Gasteiger partial charge in [-0.1, -0.05) is 35.9 Å². The summed E-state index contributed by atoms with van der Waals surface area (Å²) >= 11 is 0. The first-order valence-electron chi connectivity index (χ1n) is 6.74. The summed E-state index contributed by atoms with van der Waals surface area (Å²) in [5.74, 6) is 0.725. The normalized spacial score (nSPS) is 16.4. The minimum Gasteiger partial charge on any atom is -0.491 e. The lowest BCUT2D eigenvalue weighted by Gasteiger charge is -2.13. The van der Waals surface area contributed by atoms with E-state index in [9.17, 15) is 8.42 Å². The van der Waals surface area contributed by atoms with Crippen LogP contribution in [-0.4, -0.2) is 27.7 Å². The SMILES string of the molecule is O=S(=O)(NOCCOc1ccccc1)NC1CCCC1. The van der Waals surface area contributed by atoms with Crippen LogP contribution in [0.4, 0.5) is 0 Å². The van der Waals surface area contributed by atoms with Gasteiger partial charge >= 0.3 is 0 Å². The average Bonchev–Trinajstić information content (AvgIpc) is 2.91. The Morgan fingerprint density at radius 3 is 2.50 bits per heavy atom. The number of ether oxygens (including phenoxy) is 1. The quantitative estimate of drug-likeness (QED) is 0.561. The van der Waals surface area contributed by atoms with Crippen molar-refractivity contribution in [1.82, 2.24) is 9.61 Å². The lowest BCUT2D eigenvalue weighted by molar-refractivity contribution is 0.0656. The molecular weight excluding hydrogens is 280 g/mol. The Labute approximate surface area is 119 Å². The van der Waals surface area contributed by atoms with Crippen molar-refractivity contribution in [2.75, 3.05) is 13.2 Å². The Morgan fingerprint density at radius 2 is 1.80 bits per heavy atom. The van der Waals surface area contributed by atoms with Crippen LogP contribution in [0, 0.1) is 0 Å². The molecule has 0 atom stereocenters. The molecule has 1 aliphatic carbocycles. The lowest BCUT2D eigenvalue weighted by Crippen LogP contribution is -2.42. The van der Waals surface area contributed by atoms with E-state index in [1.54, 1.807) is 0 Å². The Balaban J connectivity index is 1.60. The molecule has 0 aliphatic heterocycles. The molecule has 7 heteroatoms. The van der Waals surface area contributed by atoms with E-state index in [4.69, 9.17) is 9.57 Å². The number of hydrogen-bond donors (Lipinski definition) is 2. The summed E-state index contributed by atoms with van der Waals surface area (Å²) in [6.45, 7) is 0.413.